The van der Waals surface area contributed by atoms with Gasteiger partial charge in [0.15, 0.2) is 0 Å². The lowest BCUT2D eigenvalue weighted by atomic mass is 10.1. The normalized spacial score (nSPS) is 10.2. The number of amides is 1. The number of hydrogen-bond acceptors (Lipinski definition) is 4. The van der Waals surface area contributed by atoms with Crippen LogP contribution in [0.1, 0.15) is 15.9 Å². The molecule has 2 aromatic carbocycles. The van der Waals surface area contributed by atoms with Crippen LogP contribution in [0.5, 0.6) is 11.5 Å². The third-order valence-corrected chi connectivity index (χ3v) is 3.17. The van der Waals surface area contributed by atoms with E-state index in [4.69, 9.17) is 10.5 Å². The van der Waals surface area contributed by atoms with E-state index in [2.05, 4.69) is 0 Å². The Labute approximate surface area is 123 Å². The van der Waals surface area contributed by atoms with Crippen molar-refractivity contribution in [1.82, 2.24) is 4.90 Å². The van der Waals surface area contributed by atoms with Gasteiger partial charge in [-0.05, 0) is 29.8 Å². The van der Waals surface area contributed by atoms with Crippen LogP contribution in [0.15, 0.2) is 42.5 Å². The van der Waals surface area contributed by atoms with Gasteiger partial charge in [0.2, 0.25) is 0 Å². The van der Waals surface area contributed by atoms with E-state index in [-0.39, 0.29) is 11.7 Å². The van der Waals surface area contributed by atoms with E-state index in [1.54, 1.807) is 55.5 Å². The molecule has 0 aliphatic rings. The minimum absolute atomic E-state index is 0.178. The molecular formula is C16H18N2O3. The number of benzene rings is 2. The molecule has 0 aliphatic carbocycles. The second kappa shape index (κ2) is 6.17. The predicted molar refractivity (Wildman–Crippen MR) is 81.3 cm³/mol. The molecule has 21 heavy (non-hydrogen) atoms. The summed E-state index contributed by atoms with van der Waals surface area (Å²) in [7, 11) is 3.24. The first-order chi connectivity index (χ1) is 10.0. The monoisotopic (exact) mass is 286 g/mol. The van der Waals surface area contributed by atoms with E-state index in [1.165, 1.54) is 0 Å². The number of phenolic OH excluding ortho intramolecular Hbond substituents is 1. The molecule has 0 saturated carbocycles. The van der Waals surface area contributed by atoms with Crippen molar-refractivity contribution in [3.8, 4) is 11.5 Å². The summed E-state index contributed by atoms with van der Waals surface area (Å²) in [5.41, 5.74) is 7.54. The van der Waals surface area contributed by atoms with Gasteiger partial charge in [0, 0.05) is 25.3 Å². The van der Waals surface area contributed by atoms with Crippen molar-refractivity contribution < 1.29 is 14.6 Å². The minimum atomic E-state index is -0.182. The van der Waals surface area contributed by atoms with Crippen molar-refractivity contribution in [3.63, 3.8) is 0 Å². The number of methoxy groups -OCH3 is 1. The second-order valence-electron chi connectivity index (χ2n) is 4.78. The van der Waals surface area contributed by atoms with Gasteiger partial charge in [-0.3, -0.25) is 4.79 Å². The first kappa shape index (κ1) is 14.7. The lowest BCUT2D eigenvalue weighted by Crippen LogP contribution is -2.26. The van der Waals surface area contributed by atoms with Crippen LogP contribution in [0, 0.1) is 0 Å². The number of nitrogen functional groups attached to an aromatic ring is 1. The number of nitrogens with zero attached hydrogens (tertiary/aromatic N) is 1. The Hall–Kier alpha value is -2.69. The van der Waals surface area contributed by atoms with Gasteiger partial charge in [0.05, 0.1) is 12.7 Å². The Balaban J connectivity index is 2.15. The van der Waals surface area contributed by atoms with Crippen LogP contribution in [0.3, 0.4) is 0 Å². The molecule has 1 amide bonds. The molecule has 2 aromatic rings. The first-order valence-corrected chi connectivity index (χ1v) is 6.48. The van der Waals surface area contributed by atoms with Gasteiger partial charge in [-0.15, -0.1) is 0 Å². The van der Waals surface area contributed by atoms with Gasteiger partial charge in [0.25, 0.3) is 5.91 Å². The molecule has 110 valence electrons. The van der Waals surface area contributed by atoms with E-state index in [0.29, 0.717) is 23.5 Å². The number of aromatic hydroxyl groups is 1. The fraction of sp³-hybridized carbons (Fsp3) is 0.188. The molecule has 0 heterocycles. The summed E-state index contributed by atoms with van der Waals surface area (Å²) in [5.74, 6) is 0.607. The number of phenols is 1. The summed E-state index contributed by atoms with van der Waals surface area (Å²) in [4.78, 5) is 13.9. The predicted octanol–water partition coefficient (Wildman–Crippen LogP) is 2.26. The Morgan fingerprint density at radius 2 is 2.05 bits per heavy atom. The third kappa shape index (κ3) is 3.45. The van der Waals surface area contributed by atoms with Crippen molar-refractivity contribution in [2.45, 2.75) is 6.54 Å². The minimum Gasteiger partial charge on any atom is -0.508 e. The fourth-order valence-electron chi connectivity index (χ4n) is 2.07. The average Bonchev–Trinajstić information content (AvgIpc) is 2.46. The molecule has 5 nitrogen and oxygen atoms in total. The summed E-state index contributed by atoms with van der Waals surface area (Å²) in [6.45, 7) is 0.388. The lowest BCUT2D eigenvalue weighted by molar-refractivity contribution is 0.0786. The van der Waals surface area contributed by atoms with Gasteiger partial charge < -0.3 is 20.5 Å². The largest absolute Gasteiger partial charge is 0.508 e. The van der Waals surface area contributed by atoms with Crippen LogP contribution in [0.4, 0.5) is 5.69 Å². The van der Waals surface area contributed by atoms with Gasteiger partial charge in [-0.1, -0.05) is 12.1 Å². The van der Waals surface area contributed by atoms with E-state index in [1.807, 2.05) is 6.07 Å². The van der Waals surface area contributed by atoms with E-state index in [9.17, 15) is 9.90 Å². The molecule has 0 atom stereocenters. The number of ether oxygens (including phenoxy) is 1. The molecule has 0 aromatic heterocycles. The molecule has 0 radical (unpaired) electrons. The number of nitrogens with two attached hydrogens (primary N) is 1. The molecule has 0 fully saturated rings. The Morgan fingerprint density at radius 1 is 1.29 bits per heavy atom. The average molecular weight is 286 g/mol. The van der Waals surface area contributed by atoms with E-state index < -0.39 is 0 Å². The highest BCUT2D eigenvalue weighted by molar-refractivity contribution is 5.99. The quantitative estimate of drug-likeness (QED) is 0.845. The topological polar surface area (TPSA) is 75.8 Å². The van der Waals surface area contributed by atoms with Crippen molar-refractivity contribution in [2.75, 3.05) is 19.9 Å². The second-order valence-corrected chi connectivity index (χ2v) is 4.78. The fourth-order valence-corrected chi connectivity index (χ4v) is 2.07. The van der Waals surface area contributed by atoms with Crippen molar-refractivity contribution in [1.29, 1.82) is 0 Å². The zero-order chi connectivity index (χ0) is 15.4. The van der Waals surface area contributed by atoms with Crippen LogP contribution in [-0.4, -0.2) is 30.1 Å². The van der Waals surface area contributed by atoms with Crippen molar-refractivity contribution in [2.24, 2.45) is 0 Å². The smallest absolute Gasteiger partial charge is 0.255 e. The number of anilines is 1. The van der Waals surface area contributed by atoms with Crippen molar-refractivity contribution >= 4 is 11.6 Å². The molecule has 0 bridgehead atoms. The lowest BCUT2D eigenvalue weighted by Gasteiger charge is -2.18. The van der Waals surface area contributed by atoms with E-state index >= 15 is 0 Å². The highest BCUT2D eigenvalue weighted by atomic mass is 16.5. The summed E-state index contributed by atoms with van der Waals surface area (Å²) < 4.78 is 5.07. The van der Waals surface area contributed by atoms with Crippen molar-refractivity contribution in [3.05, 3.63) is 53.6 Å². The molecule has 0 unspecified atom stereocenters. The summed E-state index contributed by atoms with van der Waals surface area (Å²) in [5, 5.41) is 9.45. The summed E-state index contributed by atoms with van der Waals surface area (Å²) in [6.07, 6.45) is 0. The number of rotatable bonds is 4. The van der Waals surface area contributed by atoms with Crippen LogP contribution < -0.4 is 10.5 Å². The van der Waals surface area contributed by atoms with E-state index in [0.717, 1.165) is 5.56 Å². The number of carbonyl (C=O) groups is 1. The molecule has 5 heteroatoms. The Kier molecular flexibility index (Phi) is 4.33. The van der Waals surface area contributed by atoms with Crippen LogP contribution in [0.25, 0.3) is 0 Å². The third-order valence-electron chi connectivity index (χ3n) is 3.17. The SMILES string of the molecule is COc1ccc(C(=O)N(C)Cc2cccc(O)c2)c(N)c1. The van der Waals surface area contributed by atoms with Crippen LogP contribution >= 0.6 is 0 Å². The zero-order valence-corrected chi connectivity index (χ0v) is 12.0. The summed E-state index contributed by atoms with van der Waals surface area (Å²) in [6, 6.07) is 11.8. The zero-order valence-electron chi connectivity index (χ0n) is 12.0. The molecule has 0 spiro atoms. The highest BCUT2D eigenvalue weighted by Crippen LogP contribution is 2.21. The number of hydrogen-bond donors (Lipinski definition) is 2. The maximum absolute atomic E-state index is 12.4. The maximum atomic E-state index is 12.4. The van der Waals surface area contributed by atoms with Gasteiger partial charge in [-0.25, -0.2) is 0 Å². The molecule has 0 aliphatic heterocycles. The standard InChI is InChI=1S/C16H18N2O3/c1-18(10-11-4-3-5-12(19)8-11)16(20)14-7-6-13(21-2)9-15(14)17/h3-9,19H,10,17H2,1-2H3. The molecule has 3 N–H and O–H groups in total. The van der Waals surface area contributed by atoms with Gasteiger partial charge in [-0.2, -0.15) is 0 Å². The molecule has 2 rings (SSSR count). The Morgan fingerprint density at radius 3 is 2.67 bits per heavy atom. The Bertz CT molecular complexity index is 656. The highest BCUT2D eigenvalue weighted by Gasteiger charge is 2.15. The maximum Gasteiger partial charge on any atom is 0.255 e. The number of carbonyl (C=O) groups excluding carboxylic acids is 1. The van der Waals surface area contributed by atoms with Crippen LogP contribution in [0.2, 0.25) is 0 Å². The van der Waals surface area contributed by atoms with Gasteiger partial charge in [0.1, 0.15) is 11.5 Å². The summed E-state index contributed by atoms with van der Waals surface area (Å²) >= 11 is 0. The molecular weight excluding hydrogens is 268 g/mol. The van der Waals surface area contributed by atoms with Gasteiger partial charge >= 0.3 is 0 Å². The first-order valence-electron chi connectivity index (χ1n) is 6.48. The van der Waals surface area contributed by atoms with Crippen LogP contribution in [-0.2, 0) is 6.54 Å². The molecule has 0 saturated heterocycles.